The Balaban J connectivity index is 2.08. The van der Waals surface area contributed by atoms with Crippen LogP contribution in [0.15, 0.2) is 42.5 Å². The molecule has 0 spiro atoms. The quantitative estimate of drug-likeness (QED) is 0.885. The van der Waals surface area contributed by atoms with E-state index in [-0.39, 0.29) is 11.9 Å². The Morgan fingerprint density at radius 3 is 2.38 bits per heavy atom. The monoisotopic (exact) mass is 289 g/mol. The van der Waals surface area contributed by atoms with E-state index in [4.69, 9.17) is 15.2 Å². The lowest BCUT2D eigenvalue weighted by atomic mass is 9.98. The van der Waals surface area contributed by atoms with E-state index >= 15 is 0 Å². The summed E-state index contributed by atoms with van der Waals surface area (Å²) in [4.78, 5) is 0. The average molecular weight is 289 g/mol. The van der Waals surface area contributed by atoms with E-state index in [1.165, 1.54) is 12.1 Å². The smallest absolute Gasteiger partial charge is 0.123 e. The summed E-state index contributed by atoms with van der Waals surface area (Å²) in [6.45, 7) is 0. The average Bonchev–Trinajstić information content (AvgIpc) is 2.53. The van der Waals surface area contributed by atoms with E-state index in [1.807, 2.05) is 18.2 Å². The number of halogens is 1. The minimum absolute atomic E-state index is 0.167. The number of rotatable bonds is 6. The second-order valence-electron chi connectivity index (χ2n) is 4.88. The molecule has 0 radical (unpaired) electrons. The molecule has 2 N–H and O–H groups in total. The fraction of sp³-hybridized carbons (Fsp3) is 0.294. The van der Waals surface area contributed by atoms with Gasteiger partial charge in [-0.3, -0.25) is 0 Å². The molecule has 1 unspecified atom stereocenters. The van der Waals surface area contributed by atoms with Gasteiger partial charge in [-0.2, -0.15) is 0 Å². The van der Waals surface area contributed by atoms with Crippen LogP contribution in [0.25, 0.3) is 0 Å². The van der Waals surface area contributed by atoms with E-state index in [9.17, 15) is 4.39 Å². The maximum atomic E-state index is 12.9. The lowest BCUT2D eigenvalue weighted by molar-refractivity contribution is 0.394. The predicted octanol–water partition coefficient (Wildman–Crippen LogP) is 3.48. The van der Waals surface area contributed by atoms with Gasteiger partial charge in [-0.25, -0.2) is 4.39 Å². The standard InChI is InChI=1S/C17H20FNO2/c1-20-14-8-10-17(21-2)15(11-14)16(19)9-5-12-3-6-13(18)7-4-12/h3-4,6-8,10-11,16H,5,9,19H2,1-2H3. The predicted molar refractivity (Wildman–Crippen MR) is 81.2 cm³/mol. The highest BCUT2D eigenvalue weighted by Crippen LogP contribution is 2.30. The van der Waals surface area contributed by atoms with E-state index in [0.717, 1.165) is 35.5 Å². The Kier molecular flexibility index (Phi) is 5.17. The third kappa shape index (κ3) is 3.95. The first-order valence-corrected chi connectivity index (χ1v) is 6.86. The van der Waals surface area contributed by atoms with Crippen molar-refractivity contribution < 1.29 is 13.9 Å². The van der Waals surface area contributed by atoms with Crippen molar-refractivity contribution in [3.05, 3.63) is 59.4 Å². The fourth-order valence-corrected chi connectivity index (χ4v) is 2.26. The second kappa shape index (κ2) is 7.09. The summed E-state index contributed by atoms with van der Waals surface area (Å²) in [7, 11) is 3.24. The summed E-state index contributed by atoms with van der Waals surface area (Å²) in [5, 5.41) is 0. The number of nitrogens with two attached hydrogens (primary N) is 1. The number of benzene rings is 2. The molecule has 112 valence electrons. The molecule has 2 rings (SSSR count). The number of ether oxygens (including phenoxy) is 2. The maximum Gasteiger partial charge on any atom is 0.123 e. The van der Waals surface area contributed by atoms with E-state index in [0.29, 0.717) is 0 Å². The molecule has 21 heavy (non-hydrogen) atoms. The second-order valence-corrected chi connectivity index (χ2v) is 4.88. The van der Waals surface area contributed by atoms with Gasteiger partial charge in [0, 0.05) is 11.6 Å². The zero-order valence-corrected chi connectivity index (χ0v) is 12.3. The van der Waals surface area contributed by atoms with Gasteiger partial charge in [0.1, 0.15) is 17.3 Å². The van der Waals surface area contributed by atoms with Crippen LogP contribution in [0.3, 0.4) is 0 Å². The number of methoxy groups -OCH3 is 2. The zero-order valence-electron chi connectivity index (χ0n) is 12.3. The van der Waals surface area contributed by atoms with Gasteiger partial charge in [0.25, 0.3) is 0 Å². The van der Waals surface area contributed by atoms with Gasteiger partial charge in [-0.15, -0.1) is 0 Å². The van der Waals surface area contributed by atoms with Crippen molar-refractivity contribution in [2.24, 2.45) is 5.73 Å². The molecular weight excluding hydrogens is 269 g/mol. The summed E-state index contributed by atoms with van der Waals surface area (Å²) in [5.74, 6) is 1.28. The van der Waals surface area contributed by atoms with Crippen LogP contribution >= 0.6 is 0 Å². The third-order valence-electron chi connectivity index (χ3n) is 3.49. The first-order chi connectivity index (χ1) is 10.1. The van der Waals surface area contributed by atoms with Crippen molar-refractivity contribution in [1.29, 1.82) is 0 Å². The van der Waals surface area contributed by atoms with Crippen LogP contribution in [-0.4, -0.2) is 14.2 Å². The summed E-state index contributed by atoms with van der Waals surface area (Å²) < 4.78 is 23.5. The summed E-state index contributed by atoms with van der Waals surface area (Å²) in [6, 6.07) is 11.9. The largest absolute Gasteiger partial charge is 0.497 e. The summed E-state index contributed by atoms with van der Waals surface area (Å²) in [5.41, 5.74) is 8.24. The van der Waals surface area contributed by atoms with Gasteiger partial charge in [0.15, 0.2) is 0 Å². The van der Waals surface area contributed by atoms with Gasteiger partial charge in [0.2, 0.25) is 0 Å². The molecule has 1 atom stereocenters. The van der Waals surface area contributed by atoms with Crippen molar-refractivity contribution in [2.45, 2.75) is 18.9 Å². The SMILES string of the molecule is COc1ccc(OC)c(C(N)CCc2ccc(F)cc2)c1. The lowest BCUT2D eigenvalue weighted by Crippen LogP contribution is -2.13. The number of aryl methyl sites for hydroxylation is 1. The van der Waals surface area contributed by atoms with Crippen molar-refractivity contribution in [3.63, 3.8) is 0 Å². The minimum atomic E-state index is -0.225. The van der Waals surface area contributed by atoms with E-state index < -0.39 is 0 Å². The molecule has 0 aliphatic heterocycles. The van der Waals surface area contributed by atoms with Gasteiger partial charge in [0.05, 0.1) is 14.2 Å². The van der Waals surface area contributed by atoms with Crippen molar-refractivity contribution >= 4 is 0 Å². The third-order valence-corrected chi connectivity index (χ3v) is 3.49. The van der Waals surface area contributed by atoms with Crippen molar-refractivity contribution in [3.8, 4) is 11.5 Å². The van der Waals surface area contributed by atoms with Gasteiger partial charge >= 0.3 is 0 Å². The molecule has 0 heterocycles. The maximum absolute atomic E-state index is 12.9. The van der Waals surface area contributed by atoms with Crippen LogP contribution in [0, 0.1) is 5.82 Å². The van der Waals surface area contributed by atoms with Gasteiger partial charge in [-0.1, -0.05) is 12.1 Å². The molecule has 0 saturated carbocycles. The molecule has 4 heteroatoms. The Labute approximate surface area is 124 Å². The van der Waals surface area contributed by atoms with Crippen molar-refractivity contribution in [1.82, 2.24) is 0 Å². The van der Waals surface area contributed by atoms with Crippen LogP contribution in [0.4, 0.5) is 4.39 Å². The highest BCUT2D eigenvalue weighted by atomic mass is 19.1. The topological polar surface area (TPSA) is 44.5 Å². The highest BCUT2D eigenvalue weighted by Gasteiger charge is 2.13. The molecule has 2 aromatic rings. The molecule has 0 bridgehead atoms. The lowest BCUT2D eigenvalue weighted by Gasteiger charge is -2.17. The Hall–Kier alpha value is -2.07. The Morgan fingerprint density at radius 1 is 1.05 bits per heavy atom. The molecule has 3 nitrogen and oxygen atoms in total. The fourth-order valence-electron chi connectivity index (χ4n) is 2.26. The van der Waals surface area contributed by atoms with Crippen LogP contribution < -0.4 is 15.2 Å². The number of hydrogen-bond acceptors (Lipinski definition) is 3. The van der Waals surface area contributed by atoms with Crippen LogP contribution in [0.5, 0.6) is 11.5 Å². The molecule has 0 fully saturated rings. The van der Waals surface area contributed by atoms with Crippen LogP contribution in [0.2, 0.25) is 0 Å². The molecule has 0 aliphatic rings. The highest BCUT2D eigenvalue weighted by molar-refractivity contribution is 5.42. The van der Waals surface area contributed by atoms with Gasteiger partial charge in [-0.05, 0) is 48.7 Å². The zero-order chi connectivity index (χ0) is 15.2. The molecule has 0 aromatic heterocycles. The Morgan fingerprint density at radius 2 is 1.76 bits per heavy atom. The van der Waals surface area contributed by atoms with Crippen molar-refractivity contribution in [2.75, 3.05) is 14.2 Å². The minimum Gasteiger partial charge on any atom is -0.497 e. The van der Waals surface area contributed by atoms with Gasteiger partial charge < -0.3 is 15.2 Å². The van der Waals surface area contributed by atoms with Crippen LogP contribution in [-0.2, 0) is 6.42 Å². The molecule has 0 amide bonds. The Bertz CT molecular complexity index is 584. The first kappa shape index (κ1) is 15.3. The summed E-state index contributed by atoms with van der Waals surface area (Å²) in [6.07, 6.45) is 1.52. The van der Waals surface area contributed by atoms with E-state index in [1.54, 1.807) is 26.4 Å². The number of hydrogen-bond donors (Lipinski definition) is 1. The normalized spacial score (nSPS) is 12.0. The molecule has 2 aromatic carbocycles. The molecule has 0 aliphatic carbocycles. The summed E-state index contributed by atoms with van der Waals surface area (Å²) >= 11 is 0. The van der Waals surface area contributed by atoms with Crippen LogP contribution in [0.1, 0.15) is 23.6 Å². The molecular formula is C17H20FNO2. The first-order valence-electron chi connectivity index (χ1n) is 6.86. The molecule has 0 saturated heterocycles. The van der Waals surface area contributed by atoms with E-state index in [2.05, 4.69) is 0 Å².